The molecule has 0 aliphatic carbocycles. The van der Waals surface area contributed by atoms with Crippen molar-refractivity contribution in [2.45, 2.75) is 57.4 Å². The molecule has 1 amide bonds. The Kier molecular flexibility index (Phi) is 8.68. The number of benzene rings is 1. The van der Waals surface area contributed by atoms with Crippen LogP contribution < -0.4 is 4.72 Å². The molecule has 8 nitrogen and oxygen atoms in total. The molecule has 2 N–H and O–H groups in total. The molecule has 1 atom stereocenters. The number of halogens is 1. The molecule has 2 heterocycles. The van der Waals surface area contributed by atoms with Gasteiger partial charge in [0.25, 0.3) is 10.0 Å². The molecule has 0 spiro atoms. The molecule has 0 radical (unpaired) electrons. The number of carbonyl (C=O) groups is 1. The number of imidazole rings is 1. The average molecular weight is 524 g/mol. The molecule has 190 valence electrons. The van der Waals surface area contributed by atoms with E-state index in [1.165, 1.54) is 6.07 Å². The first-order chi connectivity index (χ1) is 16.5. The van der Waals surface area contributed by atoms with Crippen molar-refractivity contribution in [1.82, 2.24) is 14.3 Å². The highest BCUT2D eigenvalue weighted by atomic mass is 32.2. The average Bonchev–Trinajstić information content (AvgIpc) is 3.39. The van der Waals surface area contributed by atoms with Gasteiger partial charge in [0, 0.05) is 28.4 Å². The summed E-state index contributed by atoms with van der Waals surface area (Å²) in [4.78, 5) is 17.0. The lowest BCUT2D eigenvalue weighted by atomic mass is 10.0. The van der Waals surface area contributed by atoms with E-state index in [4.69, 9.17) is 4.74 Å². The Morgan fingerprint density at radius 1 is 1.31 bits per heavy atom. The van der Waals surface area contributed by atoms with Crippen molar-refractivity contribution >= 4 is 27.5 Å². The Balaban J connectivity index is 1.93. The third-order valence-electron chi connectivity index (χ3n) is 5.33. The van der Waals surface area contributed by atoms with Crippen LogP contribution >= 0.6 is 11.3 Å². The molecular weight excluding hydrogens is 493 g/mol. The van der Waals surface area contributed by atoms with E-state index in [9.17, 15) is 18.3 Å². The van der Waals surface area contributed by atoms with E-state index in [1.807, 2.05) is 30.1 Å². The van der Waals surface area contributed by atoms with Gasteiger partial charge in [0.15, 0.2) is 0 Å². The standard InChI is InChI=1S/C24H30FN3O5S2/c1-5-19(29)14-33-24(30)27-35(31,32)23-21(12-20(34-23)10-15(2)3)17-6-7-18(22(25)11-17)13-28-9-8-26-16(28)4/h6-9,11-12,15,19,29H,5,10,13-14H2,1-4H3,(H,27,30). The molecule has 0 saturated heterocycles. The maximum atomic E-state index is 15.0. The second kappa shape index (κ2) is 11.3. The molecule has 1 aromatic carbocycles. The molecular formula is C24H30FN3O5S2. The fourth-order valence-electron chi connectivity index (χ4n) is 3.40. The number of hydrogen-bond donors (Lipinski definition) is 2. The summed E-state index contributed by atoms with van der Waals surface area (Å²) in [6, 6.07) is 6.31. The molecule has 3 aromatic rings. The van der Waals surface area contributed by atoms with Crippen molar-refractivity contribution < 1.29 is 27.4 Å². The zero-order valence-electron chi connectivity index (χ0n) is 20.1. The Hall–Kier alpha value is -2.76. The zero-order chi connectivity index (χ0) is 25.8. The summed E-state index contributed by atoms with van der Waals surface area (Å²) in [6.07, 6.45) is 2.32. The van der Waals surface area contributed by atoms with Gasteiger partial charge in [-0.3, -0.25) is 0 Å². The van der Waals surface area contributed by atoms with Crippen LogP contribution in [0.3, 0.4) is 0 Å². The van der Waals surface area contributed by atoms with Crippen LogP contribution in [0.15, 0.2) is 40.9 Å². The van der Waals surface area contributed by atoms with Crippen molar-refractivity contribution in [2.24, 2.45) is 5.92 Å². The fourth-order valence-corrected chi connectivity index (χ4v) is 6.24. The van der Waals surface area contributed by atoms with Crippen molar-refractivity contribution in [3.63, 3.8) is 0 Å². The van der Waals surface area contributed by atoms with Gasteiger partial charge < -0.3 is 14.4 Å². The van der Waals surface area contributed by atoms with E-state index in [0.717, 1.165) is 22.0 Å². The van der Waals surface area contributed by atoms with Crippen molar-refractivity contribution in [1.29, 1.82) is 0 Å². The number of nitrogens with one attached hydrogen (secondary N) is 1. The number of thiophene rings is 1. The van der Waals surface area contributed by atoms with E-state index < -0.39 is 28.0 Å². The number of amides is 1. The largest absolute Gasteiger partial charge is 0.446 e. The number of aliphatic hydroxyl groups is 1. The summed E-state index contributed by atoms with van der Waals surface area (Å²) in [5, 5.41) is 9.55. The lowest BCUT2D eigenvalue weighted by Crippen LogP contribution is -2.32. The third kappa shape index (κ3) is 6.89. The van der Waals surface area contributed by atoms with Crippen LogP contribution in [0.2, 0.25) is 0 Å². The second-order valence-electron chi connectivity index (χ2n) is 8.69. The van der Waals surface area contributed by atoms with E-state index >= 15 is 4.39 Å². The maximum Gasteiger partial charge on any atom is 0.421 e. The van der Waals surface area contributed by atoms with Crippen LogP contribution in [-0.2, 0) is 27.7 Å². The smallest absolute Gasteiger partial charge is 0.421 e. The summed E-state index contributed by atoms with van der Waals surface area (Å²) in [5.74, 6) is 0.543. The summed E-state index contributed by atoms with van der Waals surface area (Å²) in [5.41, 5.74) is 1.13. The van der Waals surface area contributed by atoms with E-state index in [2.05, 4.69) is 4.98 Å². The van der Waals surface area contributed by atoms with Crippen LogP contribution in [0.1, 0.15) is 43.5 Å². The molecule has 11 heteroatoms. The molecule has 1 unspecified atom stereocenters. The van der Waals surface area contributed by atoms with Crippen LogP contribution in [0.25, 0.3) is 11.1 Å². The van der Waals surface area contributed by atoms with Gasteiger partial charge in [0.2, 0.25) is 0 Å². The number of nitrogens with zero attached hydrogens (tertiary/aromatic N) is 2. The molecule has 0 saturated carbocycles. The van der Waals surface area contributed by atoms with Gasteiger partial charge in [-0.25, -0.2) is 27.3 Å². The molecule has 0 aliphatic heterocycles. The number of aromatic nitrogens is 2. The number of carbonyl (C=O) groups excluding carboxylic acids is 1. The Morgan fingerprint density at radius 2 is 2.06 bits per heavy atom. The first-order valence-electron chi connectivity index (χ1n) is 11.3. The zero-order valence-corrected chi connectivity index (χ0v) is 21.7. The van der Waals surface area contributed by atoms with Crippen LogP contribution in [0.4, 0.5) is 9.18 Å². The third-order valence-corrected chi connectivity index (χ3v) is 8.33. The van der Waals surface area contributed by atoms with Crippen LogP contribution in [-0.4, -0.2) is 41.9 Å². The number of hydrogen-bond acceptors (Lipinski definition) is 7. The first-order valence-corrected chi connectivity index (χ1v) is 13.6. The summed E-state index contributed by atoms with van der Waals surface area (Å²) >= 11 is 1.03. The van der Waals surface area contributed by atoms with Crippen LogP contribution in [0, 0.1) is 18.7 Å². The summed E-state index contributed by atoms with van der Waals surface area (Å²) in [6.45, 7) is 7.52. The molecule has 3 rings (SSSR count). The van der Waals surface area contributed by atoms with Crippen molar-refractivity contribution in [3.05, 3.63) is 58.7 Å². The fraction of sp³-hybridized carbons (Fsp3) is 0.417. The highest BCUT2D eigenvalue weighted by molar-refractivity contribution is 7.92. The molecule has 2 aromatic heterocycles. The SMILES string of the molecule is CCC(O)COC(=O)NS(=O)(=O)c1sc(CC(C)C)cc1-c1ccc(Cn2ccnc2C)c(F)c1. The minimum Gasteiger partial charge on any atom is -0.446 e. The van der Waals surface area contributed by atoms with Crippen LogP contribution in [0.5, 0.6) is 0 Å². The van der Waals surface area contributed by atoms with Gasteiger partial charge in [-0.05, 0) is 43.4 Å². The Bertz CT molecular complexity index is 1280. The van der Waals surface area contributed by atoms with Gasteiger partial charge in [0.05, 0.1) is 12.6 Å². The van der Waals surface area contributed by atoms with Gasteiger partial charge >= 0.3 is 6.09 Å². The van der Waals surface area contributed by atoms with Gasteiger partial charge in [-0.2, -0.15) is 0 Å². The molecule has 0 bridgehead atoms. The summed E-state index contributed by atoms with van der Waals surface area (Å²) < 4.78 is 49.6. The maximum absolute atomic E-state index is 15.0. The highest BCUT2D eigenvalue weighted by Crippen LogP contribution is 2.37. The highest BCUT2D eigenvalue weighted by Gasteiger charge is 2.27. The predicted molar refractivity (Wildman–Crippen MR) is 132 cm³/mol. The number of aryl methyl sites for hydroxylation is 1. The van der Waals surface area contributed by atoms with Crippen molar-refractivity contribution in [3.8, 4) is 11.1 Å². The Morgan fingerprint density at radius 3 is 2.66 bits per heavy atom. The number of rotatable bonds is 10. The monoisotopic (exact) mass is 523 g/mol. The van der Waals surface area contributed by atoms with Gasteiger partial charge in [0.1, 0.15) is 22.5 Å². The van der Waals surface area contributed by atoms with E-state index in [0.29, 0.717) is 36.1 Å². The van der Waals surface area contributed by atoms with Crippen molar-refractivity contribution in [2.75, 3.05) is 6.61 Å². The molecule has 0 aliphatic rings. The minimum atomic E-state index is -4.30. The topological polar surface area (TPSA) is 111 Å². The Labute approximate surface area is 208 Å². The number of sulfonamides is 1. The molecule has 35 heavy (non-hydrogen) atoms. The quantitative estimate of drug-likeness (QED) is 0.405. The summed E-state index contributed by atoms with van der Waals surface area (Å²) in [7, 11) is -4.30. The minimum absolute atomic E-state index is 0.0984. The lowest BCUT2D eigenvalue weighted by Gasteiger charge is -2.11. The second-order valence-corrected chi connectivity index (χ2v) is 11.7. The molecule has 0 fully saturated rings. The normalized spacial score (nSPS) is 12.7. The predicted octanol–water partition coefficient (Wildman–Crippen LogP) is 4.49. The number of aliphatic hydroxyl groups excluding tert-OH is 1. The van der Waals surface area contributed by atoms with E-state index in [1.54, 1.807) is 37.5 Å². The first kappa shape index (κ1) is 26.8. The number of ether oxygens (including phenoxy) is 1. The van der Waals surface area contributed by atoms with Gasteiger partial charge in [-0.1, -0.05) is 32.9 Å². The van der Waals surface area contributed by atoms with E-state index in [-0.39, 0.29) is 16.7 Å². The lowest BCUT2D eigenvalue weighted by molar-refractivity contribution is 0.0691. The van der Waals surface area contributed by atoms with Gasteiger partial charge in [-0.15, -0.1) is 11.3 Å².